The molecule has 2 fully saturated rings. The second kappa shape index (κ2) is 7.00. The average molecular weight is 294 g/mol. The molecule has 3 rings (SSSR count). The maximum atomic E-state index is 11.9. The van der Waals surface area contributed by atoms with Gasteiger partial charge in [0.15, 0.2) is 0 Å². The minimum atomic E-state index is -0.307. The van der Waals surface area contributed by atoms with E-state index in [9.17, 15) is 4.79 Å². The van der Waals surface area contributed by atoms with E-state index in [2.05, 4.69) is 20.8 Å². The van der Waals surface area contributed by atoms with Crippen LogP contribution >= 0.6 is 0 Å². The predicted octanol–water partition coefficient (Wildman–Crippen LogP) is 1.18. The Morgan fingerprint density at radius 3 is 2.95 bits per heavy atom. The van der Waals surface area contributed by atoms with Crippen molar-refractivity contribution in [2.24, 2.45) is 0 Å². The molecule has 0 aromatic carbocycles. The molecular formula is C14H22N4O3. The van der Waals surface area contributed by atoms with Crippen molar-refractivity contribution in [2.45, 2.75) is 50.7 Å². The minimum Gasteiger partial charge on any atom is -0.376 e. The molecule has 0 radical (unpaired) electrons. The highest BCUT2D eigenvalue weighted by Gasteiger charge is 2.24. The van der Waals surface area contributed by atoms with Crippen LogP contribution in [0.1, 0.15) is 61.1 Å². The number of amides is 1. The fourth-order valence-electron chi connectivity index (χ4n) is 2.89. The maximum Gasteiger partial charge on any atom is 0.292 e. The summed E-state index contributed by atoms with van der Waals surface area (Å²) in [6, 6.07) is 0.0877. The molecule has 2 N–H and O–H groups in total. The number of ether oxygens (including phenoxy) is 1. The Kier molecular flexibility index (Phi) is 4.82. The van der Waals surface area contributed by atoms with Crippen molar-refractivity contribution < 1.29 is 14.1 Å². The highest BCUT2D eigenvalue weighted by Crippen LogP contribution is 2.21. The Morgan fingerprint density at radius 2 is 2.19 bits per heavy atom. The van der Waals surface area contributed by atoms with Crippen LogP contribution in [0.2, 0.25) is 0 Å². The van der Waals surface area contributed by atoms with Crippen LogP contribution in [0.25, 0.3) is 0 Å². The Bertz CT molecular complexity index is 465. The summed E-state index contributed by atoms with van der Waals surface area (Å²) in [7, 11) is 0. The molecule has 21 heavy (non-hydrogen) atoms. The van der Waals surface area contributed by atoms with E-state index >= 15 is 0 Å². The van der Waals surface area contributed by atoms with Crippen LogP contribution in [0.4, 0.5) is 0 Å². The Labute approximate surface area is 123 Å². The van der Waals surface area contributed by atoms with Crippen LogP contribution in [0.3, 0.4) is 0 Å². The predicted molar refractivity (Wildman–Crippen MR) is 74.8 cm³/mol. The Morgan fingerprint density at radius 1 is 1.33 bits per heavy atom. The van der Waals surface area contributed by atoms with E-state index in [1.807, 2.05) is 0 Å². The lowest BCUT2D eigenvalue weighted by atomic mass is 10.2. The number of hydrogen-bond donors (Lipinski definition) is 2. The third-order valence-corrected chi connectivity index (χ3v) is 4.05. The van der Waals surface area contributed by atoms with E-state index in [-0.39, 0.29) is 17.8 Å². The summed E-state index contributed by atoms with van der Waals surface area (Å²) in [4.78, 5) is 16.1. The van der Waals surface area contributed by atoms with Crippen LogP contribution in [0.5, 0.6) is 0 Å². The summed E-state index contributed by atoms with van der Waals surface area (Å²) < 4.78 is 10.8. The zero-order chi connectivity index (χ0) is 14.5. The highest BCUT2D eigenvalue weighted by molar-refractivity contribution is 5.90. The van der Waals surface area contributed by atoms with Crippen LogP contribution in [-0.2, 0) is 4.74 Å². The van der Waals surface area contributed by atoms with E-state index in [0.29, 0.717) is 25.1 Å². The molecule has 2 aliphatic rings. The molecule has 1 saturated heterocycles. The lowest BCUT2D eigenvalue weighted by Crippen LogP contribution is -2.29. The summed E-state index contributed by atoms with van der Waals surface area (Å²) in [5.74, 6) is 0.289. The van der Waals surface area contributed by atoms with Crippen molar-refractivity contribution in [1.29, 1.82) is 0 Å². The van der Waals surface area contributed by atoms with E-state index in [4.69, 9.17) is 9.26 Å². The topological polar surface area (TPSA) is 89.3 Å². The average Bonchev–Trinajstić information content (AvgIpc) is 3.25. The minimum absolute atomic E-state index is 0.0877. The molecule has 1 unspecified atom stereocenters. The molecule has 0 spiro atoms. The van der Waals surface area contributed by atoms with Crippen molar-refractivity contribution in [3.63, 3.8) is 0 Å². The summed E-state index contributed by atoms with van der Waals surface area (Å²) in [5, 5.41) is 9.76. The number of carbonyl (C=O) groups excluding carboxylic acids is 1. The zero-order valence-corrected chi connectivity index (χ0v) is 12.1. The maximum absolute atomic E-state index is 11.9. The highest BCUT2D eigenvalue weighted by atomic mass is 16.5. The van der Waals surface area contributed by atoms with Gasteiger partial charge in [-0.25, -0.2) is 0 Å². The van der Waals surface area contributed by atoms with Crippen molar-refractivity contribution in [1.82, 2.24) is 20.8 Å². The van der Waals surface area contributed by atoms with Crippen LogP contribution in [0, 0.1) is 0 Å². The van der Waals surface area contributed by atoms with Gasteiger partial charge in [-0.1, -0.05) is 18.0 Å². The normalized spacial score (nSPS) is 22.8. The molecule has 1 amide bonds. The van der Waals surface area contributed by atoms with E-state index in [1.54, 1.807) is 0 Å². The number of rotatable bonds is 6. The standard InChI is InChI=1S/C14H22N4O3/c19-13(16-8-9-20-10-4-1-2-5-10)12-17-14(21-18-12)11-6-3-7-15-11/h10-11,15H,1-9H2,(H,16,19). The second-order valence-corrected chi connectivity index (χ2v) is 5.64. The number of nitrogens with one attached hydrogen (secondary N) is 2. The lowest BCUT2D eigenvalue weighted by molar-refractivity contribution is 0.0580. The first-order valence-corrected chi connectivity index (χ1v) is 7.80. The first-order chi connectivity index (χ1) is 10.3. The van der Waals surface area contributed by atoms with Gasteiger partial charge in [-0.2, -0.15) is 4.98 Å². The van der Waals surface area contributed by atoms with Gasteiger partial charge in [0.25, 0.3) is 11.7 Å². The van der Waals surface area contributed by atoms with Gasteiger partial charge in [0, 0.05) is 6.54 Å². The Hall–Kier alpha value is -1.47. The third-order valence-electron chi connectivity index (χ3n) is 4.05. The van der Waals surface area contributed by atoms with Gasteiger partial charge in [0.1, 0.15) is 0 Å². The molecule has 1 saturated carbocycles. The van der Waals surface area contributed by atoms with Gasteiger partial charge < -0.3 is 19.9 Å². The molecule has 1 aliphatic carbocycles. The van der Waals surface area contributed by atoms with E-state index in [0.717, 1.165) is 32.2 Å². The molecule has 1 atom stereocenters. The van der Waals surface area contributed by atoms with Gasteiger partial charge in [0.05, 0.1) is 18.8 Å². The fourth-order valence-corrected chi connectivity index (χ4v) is 2.89. The van der Waals surface area contributed by atoms with E-state index in [1.165, 1.54) is 12.8 Å². The molecule has 2 heterocycles. The summed E-state index contributed by atoms with van der Waals surface area (Å²) in [6.07, 6.45) is 7.20. The van der Waals surface area contributed by atoms with Crippen molar-refractivity contribution >= 4 is 5.91 Å². The molecule has 7 nitrogen and oxygen atoms in total. The third kappa shape index (κ3) is 3.79. The summed E-state index contributed by atoms with van der Waals surface area (Å²) in [6.45, 7) is 1.96. The molecule has 0 bridgehead atoms. The van der Waals surface area contributed by atoms with Crippen LogP contribution in [0.15, 0.2) is 4.52 Å². The van der Waals surface area contributed by atoms with Crippen LogP contribution in [-0.4, -0.2) is 41.8 Å². The van der Waals surface area contributed by atoms with Gasteiger partial charge in [-0.3, -0.25) is 4.79 Å². The van der Waals surface area contributed by atoms with Crippen molar-refractivity contribution in [3.8, 4) is 0 Å². The SMILES string of the molecule is O=C(NCCOC1CCCC1)c1noc(C2CCCN2)n1. The summed E-state index contributed by atoms with van der Waals surface area (Å²) in [5.41, 5.74) is 0. The first kappa shape index (κ1) is 14.5. The Balaban J connectivity index is 1.40. The largest absolute Gasteiger partial charge is 0.376 e. The number of hydrogen-bond acceptors (Lipinski definition) is 6. The van der Waals surface area contributed by atoms with Gasteiger partial charge in [-0.05, 0) is 32.2 Å². The molecular weight excluding hydrogens is 272 g/mol. The molecule has 116 valence electrons. The van der Waals surface area contributed by atoms with Crippen molar-refractivity contribution in [2.75, 3.05) is 19.7 Å². The number of carbonyl (C=O) groups is 1. The van der Waals surface area contributed by atoms with Crippen LogP contribution < -0.4 is 10.6 Å². The molecule has 1 aliphatic heterocycles. The fraction of sp³-hybridized carbons (Fsp3) is 0.786. The zero-order valence-electron chi connectivity index (χ0n) is 12.1. The second-order valence-electron chi connectivity index (χ2n) is 5.64. The first-order valence-electron chi connectivity index (χ1n) is 7.80. The lowest BCUT2D eigenvalue weighted by Gasteiger charge is -2.10. The van der Waals surface area contributed by atoms with E-state index < -0.39 is 0 Å². The molecule has 1 aromatic heterocycles. The smallest absolute Gasteiger partial charge is 0.292 e. The monoisotopic (exact) mass is 294 g/mol. The number of nitrogens with zero attached hydrogens (tertiary/aromatic N) is 2. The quantitative estimate of drug-likeness (QED) is 0.766. The molecule has 1 aromatic rings. The van der Waals surface area contributed by atoms with Crippen molar-refractivity contribution in [3.05, 3.63) is 11.7 Å². The number of aromatic nitrogens is 2. The van der Waals surface area contributed by atoms with Gasteiger partial charge in [-0.15, -0.1) is 0 Å². The van der Waals surface area contributed by atoms with Gasteiger partial charge in [0.2, 0.25) is 5.89 Å². The summed E-state index contributed by atoms with van der Waals surface area (Å²) >= 11 is 0. The van der Waals surface area contributed by atoms with Gasteiger partial charge >= 0.3 is 0 Å². The molecule has 7 heteroatoms.